The fourth-order valence-corrected chi connectivity index (χ4v) is 4.34. The number of nitrogens with one attached hydrogen (secondary N) is 4. The van der Waals surface area contributed by atoms with E-state index in [-0.39, 0.29) is 29.2 Å². The summed E-state index contributed by atoms with van der Waals surface area (Å²) in [6.45, 7) is 7.25. The number of nitrogens with two attached hydrogens (primary N) is 1. The molecule has 9 heteroatoms. The van der Waals surface area contributed by atoms with Crippen molar-refractivity contribution in [3.63, 3.8) is 0 Å². The molecule has 0 aliphatic carbocycles. The highest BCUT2D eigenvalue weighted by Gasteiger charge is 2.30. The highest BCUT2D eigenvalue weighted by molar-refractivity contribution is 5.99. The molecular formula is C24H35N5O4. The van der Waals surface area contributed by atoms with Crippen molar-refractivity contribution in [2.75, 3.05) is 20.2 Å². The lowest BCUT2D eigenvalue weighted by Crippen LogP contribution is -2.50. The van der Waals surface area contributed by atoms with Crippen molar-refractivity contribution < 1.29 is 19.1 Å². The lowest BCUT2D eigenvalue weighted by molar-refractivity contribution is -0.124. The summed E-state index contributed by atoms with van der Waals surface area (Å²) in [5.74, 6) is -0.326. The van der Waals surface area contributed by atoms with E-state index >= 15 is 0 Å². The SMILES string of the molecule is COc1cccc2[nH]c(C(=O)N[C@H](CN[C@@H](C[C@@H]3CCNC3=O)C(N)=O)CC(C)(C)C)cc12. The Balaban J connectivity index is 1.70. The smallest absolute Gasteiger partial charge is 0.267 e. The number of primary amides is 1. The normalized spacial score (nSPS) is 18.1. The van der Waals surface area contributed by atoms with Crippen LogP contribution in [0.15, 0.2) is 24.3 Å². The van der Waals surface area contributed by atoms with Crippen molar-refractivity contribution in [3.8, 4) is 5.75 Å². The molecule has 2 aromatic rings. The van der Waals surface area contributed by atoms with Crippen molar-refractivity contribution in [1.82, 2.24) is 20.9 Å². The predicted octanol–water partition coefficient (Wildman–Crippen LogP) is 1.68. The first-order valence-corrected chi connectivity index (χ1v) is 11.3. The minimum Gasteiger partial charge on any atom is -0.496 e. The van der Waals surface area contributed by atoms with E-state index in [2.05, 4.69) is 41.7 Å². The van der Waals surface area contributed by atoms with Gasteiger partial charge in [0, 0.05) is 36.0 Å². The number of rotatable bonds is 10. The topological polar surface area (TPSA) is 138 Å². The van der Waals surface area contributed by atoms with Crippen LogP contribution in [0.3, 0.4) is 0 Å². The number of carbonyl (C=O) groups is 3. The van der Waals surface area contributed by atoms with E-state index in [1.165, 1.54) is 0 Å². The van der Waals surface area contributed by atoms with E-state index in [0.717, 1.165) is 10.9 Å². The number of methoxy groups -OCH3 is 1. The summed E-state index contributed by atoms with van der Waals surface area (Å²) in [5.41, 5.74) is 6.79. The summed E-state index contributed by atoms with van der Waals surface area (Å²) < 4.78 is 5.38. The molecule has 0 radical (unpaired) electrons. The molecule has 180 valence electrons. The number of ether oxygens (including phenoxy) is 1. The quantitative estimate of drug-likeness (QED) is 0.369. The Hall–Kier alpha value is -3.07. The fraction of sp³-hybridized carbons (Fsp3) is 0.542. The Morgan fingerprint density at radius 3 is 2.67 bits per heavy atom. The number of benzene rings is 1. The Kier molecular flexibility index (Phi) is 7.63. The summed E-state index contributed by atoms with van der Waals surface area (Å²) in [4.78, 5) is 40.1. The molecule has 6 N–H and O–H groups in total. The minimum absolute atomic E-state index is 0.0446. The third kappa shape index (κ3) is 6.47. The molecule has 3 amide bonds. The zero-order valence-corrected chi connectivity index (χ0v) is 19.8. The highest BCUT2D eigenvalue weighted by atomic mass is 16.5. The van der Waals surface area contributed by atoms with Gasteiger partial charge in [-0.15, -0.1) is 0 Å². The van der Waals surface area contributed by atoms with Gasteiger partial charge in [0.2, 0.25) is 11.8 Å². The van der Waals surface area contributed by atoms with Gasteiger partial charge >= 0.3 is 0 Å². The molecule has 1 fully saturated rings. The first-order chi connectivity index (χ1) is 15.6. The lowest BCUT2D eigenvalue weighted by Gasteiger charge is -2.28. The van der Waals surface area contributed by atoms with Crippen LogP contribution in [0.5, 0.6) is 5.75 Å². The van der Waals surface area contributed by atoms with Gasteiger partial charge in [-0.2, -0.15) is 0 Å². The Labute approximate surface area is 194 Å². The second-order valence-electron chi connectivity index (χ2n) is 9.92. The van der Waals surface area contributed by atoms with Crippen LogP contribution in [0.4, 0.5) is 0 Å². The van der Waals surface area contributed by atoms with Crippen LogP contribution in [0.2, 0.25) is 0 Å². The van der Waals surface area contributed by atoms with Crippen molar-refractivity contribution in [2.24, 2.45) is 17.1 Å². The number of hydrogen-bond donors (Lipinski definition) is 5. The molecule has 3 atom stereocenters. The summed E-state index contributed by atoms with van der Waals surface area (Å²) in [6.07, 6.45) is 1.72. The molecule has 1 saturated heterocycles. The second kappa shape index (κ2) is 10.2. The molecule has 1 aromatic heterocycles. The van der Waals surface area contributed by atoms with Crippen LogP contribution >= 0.6 is 0 Å². The highest BCUT2D eigenvalue weighted by Crippen LogP contribution is 2.26. The van der Waals surface area contributed by atoms with E-state index in [1.807, 2.05) is 18.2 Å². The molecular weight excluding hydrogens is 422 g/mol. The van der Waals surface area contributed by atoms with E-state index in [9.17, 15) is 14.4 Å². The molecule has 9 nitrogen and oxygen atoms in total. The molecule has 2 heterocycles. The molecule has 0 saturated carbocycles. The maximum Gasteiger partial charge on any atom is 0.267 e. The van der Waals surface area contributed by atoms with Crippen molar-refractivity contribution in [2.45, 2.75) is 52.1 Å². The Morgan fingerprint density at radius 2 is 2.06 bits per heavy atom. The standard InChI is InChI=1S/C24H35N5O4/c1-24(2,3)12-15(13-27-18(21(25)30)10-14-8-9-26-22(14)31)28-23(32)19-11-16-17(29-19)6-5-7-20(16)33-4/h5-7,11,14-15,18,27,29H,8-10,12-13H2,1-4H3,(H2,25,30)(H,26,31)(H,28,32)/t14-,15-,18-/m0/s1. The average Bonchev–Trinajstić information content (AvgIpc) is 3.35. The largest absolute Gasteiger partial charge is 0.496 e. The number of aromatic amines is 1. The Bertz CT molecular complexity index is 1010. The molecule has 1 aliphatic heterocycles. The zero-order chi connectivity index (χ0) is 24.2. The monoisotopic (exact) mass is 457 g/mol. The number of fused-ring (bicyclic) bond motifs is 1. The number of hydrogen-bond acceptors (Lipinski definition) is 5. The number of H-pyrrole nitrogens is 1. The summed E-state index contributed by atoms with van der Waals surface area (Å²) >= 11 is 0. The van der Waals surface area contributed by atoms with Crippen LogP contribution in [0.25, 0.3) is 10.9 Å². The van der Waals surface area contributed by atoms with Crippen LogP contribution in [0, 0.1) is 11.3 Å². The number of carbonyl (C=O) groups excluding carboxylic acids is 3. The maximum atomic E-state index is 13.1. The maximum absolute atomic E-state index is 13.1. The number of aromatic nitrogens is 1. The third-order valence-electron chi connectivity index (χ3n) is 5.92. The molecule has 1 aromatic carbocycles. The van der Waals surface area contributed by atoms with Crippen LogP contribution < -0.4 is 26.4 Å². The van der Waals surface area contributed by atoms with Gasteiger partial charge in [0.1, 0.15) is 11.4 Å². The number of amides is 3. The van der Waals surface area contributed by atoms with E-state index in [0.29, 0.717) is 43.8 Å². The van der Waals surface area contributed by atoms with Gasteiger partial charge in [0.05, 0.1) is 13.2 Å². The van der Waals surface area contributed by atoms with Crippen molar-refractivity contribution in [1.29, 1.82) is 0 Å². The van der Waals surface area contributed by atoms with Crippen LogP contribution in [-0.2, 0) is 9.59 Å². The minimum atomic E-state index is -0.643. The van der Waals surface area contributed by atoms with Gasteiger partial charge in [-0.1, -0.05) is 26.8 Å². The first-order valence-electron chi connectivity index (χ1n) is 11.3. The lowest BCUT2D eigenvalue weighted by atomic mass is 9.87. The summed E-state index contributed by atoms with van der Waals surface area (Å²) in [5, 5.41) is 9.89. The van der Waals surface area contributed by atoms with E-state index < -0.39 is 11.9 Å². The van der Waals surface area contributed by atoms with Gasteiger partial charge in [-0.25, -0.2) is 0 Å². The van der Waals surface area contributed by atoms with Gasteiger partial charge in [-0.3, -0.25) is 14.4 Å². The van der Waals surface area contributed by atoms with Crippen molar-refractivity contribution >= 4 is 28.6 Å². The summed E-state index contributed by atoms with van der Waals surface area (Å²) in [7, 11) is 1.59. The van der Waals surface area contributed by atoms with Gasteiger partial charge in [0.15, 0.2) is 0 Å². The van der Waals surface area contributed by atoms with E-state index in [1.54, 1.807) is 13.2 Å². The predicted molar refractivity (Wildman–Crippen MR) is 127 cm³/mol. The second-order valence-corrected chi connectivity index (χ2v) is 9.92. The third-order valence-corrected chi connectivity index (χ3v) is 5.92. The molecule has 1 aliphatic rings. The van der Waals surface area contributed by atoms with Gasteiger partial charge in [-0.05, 0) is 42.9 Å². The average molecular weight is 458 g/mol. The first kappa shape index (κ1) is 24.6. The Morgan fingerprint density at radius 1 is 1.30 bits per heavy atom. The molecule has 33 heavy (non-hydrogen) atoms. The van der Waals surface area contributed by atoms with Gasteiger partial charge < -0.3 is 31.4 Å². The summed E-state index contributed by atoms with van der Waals surface area (Å²) in [6, 6.07) is 6.48. The molecule has 3 rings (SSSR count). The van der Waals surface area contributed by atoms with Crippen LogP contribution in [0.1, 0.15) is 50.5 Å². The zero-order valence-electron chi connectivity index (χ0n) is 19.8. The molecule has 0 spiro atoms. The fourth-order valence-electron chi connectivity index (χ4n) is 4.34. The molecule has 0 unspecified atom stereocenters. The van der Waals surface area contributed by atoms with E-state index in [4.69, 9.17) is 10.5 Å². The van der Waals surface area contributed by atoms with Crippen molar-refractivity contribution in [3.05, 3.63) is 30.0 Å². The van der Waals surface area contributed by atoms with Gasteiger partial charge in [0.25, 0.3) is 5.91 Å². The molecule has 0 bridgehead atoms. The van der Waals surface area contributed by atoms with Crippen LogP contribution in [-0.4, -0.2) is 55.0 Å².